The molecule has 0 saturated heterocycles. The van der Waals surface area contributed by atoms with Gasteiger partial charge in [0, 0.05) is 28.9 Å². The minimum Gasteiger partial charge on any atom is -0.434 e. The quantitative estimate of drug-likeness (QED) is 0.517. The SMILES string of the molecule is c1ccc(-c2cc(-c3ccccc3)o/c(=N\[n+]3ccccc3)c2)cc1. The maximum atomic E-state index is 6.04. The first kappa shape index (κ1) is 15.1. The average molecular weight is 325 g/mol. The first-order chi connectivity index (χ1) is 12.4. The lowest BCUT2D eigenvalue weighted by Gasteiger charge is -2.05. The van der Waals surface area contributed by atoms with Crippen LogP contribution in [0.25, 0.3) is 22.5 Å². The lowest BCUT2D eigenvalue weighted by atomic mass is 10.0. The molecule has 25 heavy (non-hydrogen) atoms. The third kappa shape index (κ3) is 3.56. The molecule has 3 nitrogen and oxygen atoms in total. The molecule has 0 bridgehead atoms. The predicted molar refractivity (Wildman–Crippen MR) is 97.2 cm³/mol. The van der Waals surface area contributed by atoms with Gasteiger partial charge in [0.25, 0.3) is 5.55 Å². The van der Waals surface area contributed by atoms with Crippen LogP contribution in [0.1, 0.15) is 0 Å². The first-order valence-electron chi connectivity index (χ1n) is 8.16. The normalized spacial score (nSPS) is 11.4. The van der Waals surface area contributed by atoms with Crippen LogP contribution in [0.4, 0.5) is 0 Å². The summed E-state index contributed by atoms with van der Waals surface area (Å²) >= 11 is 0. The van der Waals surface area contributed by atoms with Gasteiger partial charge in [0.05, 0.1) is 0 Å². The molecule has 4 rings (SSSR count). The van der Waals surface area contributed by atoms with Crippen LogP contribution >= 0.6 is 0 Å². The Morgan fingerprint density at radius 3 is 1.88 bits per heavy atom. The van der Waals surface area contributed by atoms with Crippen LogP contribution < -0.4 is 10.2 Å². The van der Waals surface area contributed by atoms with Gasteiger partial charge in [-0.15, -0.1) is 0 Å². The molecule has 3 heteroatoms. The zero-order valence-corrected chi connectivity index (χ0v) is 13.6. The highest BCUT2D eigenvalue weighted by molar-refractivity contribution is 5.68. The number of rotatable bonds is 3. The molecule has 0 aliphatic carbocycles. The lowest BCUT2D eigenvalue weighted by molar-refractivity contribution is -0.684. The Morgan fingerprint density at radius 2 is 1.20 bits per heavy atom. The summed E-state index contributed by atoms with van der Waals surface area (Å²) in [6.07, 6.45) is 3.76. The fourth-order valence-electron chi connectivity index (χ4n) is 2.65. The van der Waals surface area contributed by atoms with Crippen LogP contribution in [0.2, 0.25) is 0 Å². The lowest BCUT2D eigenvalue weighted by Crippen LogP contribution is -2.29. The molecule has 0 amide bonds. The smallest absolute Gasteiger partial charge is 0.285 e. The Bertz CT molecular complexity index is 963. The average Bonchev–Trinajstić information content (AvgIpc) is 2.70. The highest BCUT2D eigenvalue weighted by Gasteiger charge is 2.07. The molecular weight excluding hydrogens is 308 g/mol. The molecule has 0 aliphatic rings. The second-order valence-electron chi connectivity index (χ2n) is 5.64. The molecule has 4 aromatic rings. The Morgan fingerprint density at radius 1 is 0.600 bits per heavy atom. The van der Waals surface area contributed by atoms with Crippen molar-refractivity contribution in [1.82, 2.24) is 0 Å². The molecular formula is C22H17N2O+. The van der Waals surface area contributed by atoms with Crippen molar-refractivity contribution in [3.05, 3.63) is 109 Å². The summed E-state index contributed by atoms with van der Waals surface area (Å²) in [6, 6.07) is 30.2. The largest absolute Gasteiger partial charge is 0.434 e. The van der Waals surface area contributed by atoms with E-state index in [0.29, 0.717) is 5.55 Å². The Labute approximate surface area is 146 Å². The summed E-state index contributed by atoms with van der Waals surface area (Å²) in [6.45, 7) is 0. The standard InChI is InChI=1S/C22H17N2O/c1-4-10-18(11-5-1)20-16-21(19-12-6-2-7-13-19)25-22(17-20)23-24-14-8-3-9-15-24/h1-17H/q+1/b23-22-. The van der Waals surface area contributed by atoms with E-state index >= 15 is 0 Å². The van der Waals surface area contributed by atoms with Gasteiger partial charge in [0.15, 0.2) is 0 Å². The summed E-state index contributed by atoms with van der Waals surface area (Å²) in [4.78, 5) is 0. The summed E-state index contributed by atoms with van der Waals surface area (Å²) in [5.74, 6) is 0.789. The second-order valence-corrected chi connectivity index (χ2v) is 5.64. The minimum atomic E-state index is 0.552. The molecule has 0 unspecified atom stereocenters. The highest BCUT2D eigenvalue weighted by Crippen LogP contribution is 2.24. The monoisotopic (exact) mass is 325 g/mol. The third-order valence-corrected chi connectivity index (χ3v) is 3.86. The van der Waals surface area contributed by atoms with Gasteiger partial charge in [0.2, 0.25) is 12.4 Å². The Kier molecular flexibility index (Phi) is 4.21. The van der Waals surface area contributed by atoms with E-state index in [1.807, 2.05) is 85.2 Å². The van der Waals surface area contributed by atoms with E-state index < -0.39 is 0 Å². The molecule has 2 heterocycles. The van der Waals surface area contributed by atoms with Gasteiger partial charge in [0.1, 0.15) is 5.76 Å². The Balaban J connectivity index is 1.91. The molecule has 0 N–H and O–H groups in total. The minimum absolute atomic E-state index is 0.552. The number of pyridine rings is 1. The molecule has 0 saturated carbocycles. The van der Waals surface area contributed by atoms with Crippen LogP contribution in [0, 0.1) is 0 Å². The summed E-state index contributed by atoms with van der Waals surface area (Å²) in [5, 5.41) is 4.56. The summed E-state index contributed by atoms with van der Waals surface area (Å²) in [7, 11) is 0. The van der Waals surface area contributed by atoms with E-state index in [2.05, 4.69) is 23.3 Å². The van der Waals surface area contributed by atoms with Gasteiger partial charge < -0.3 is 4.42 Å². The topological polar surface area (TPSA) is 29.4 Å². The van der Waals surface area contributed by atoms with Crippen molar-refractivity contribution < 1.29 is 9.09 Å². The molecule has 0 aliphatic heterocycles. The van der Waals surface area contributed by atoms with Gasteiger partial charge in [-0.1, -0.05) is 71.4 Å². The van der Waals surface area contributed by atoms with Crippen LogP contribution in [-0.4, -0.2) is 0 Å². The van der Waals surface area contributed by atoms with Crippen molar-refractivity contribution in [1.29, 1.82) is 0 Å². The highest BCUT2D eigenvalue weighted by atomic mass is 16.3. The van der Waals surface area contributed by atoms with Crippen LogP contribution in [0.15, 0.2) is 113 Å². The van der Waals surface area contributed by atoms with Crippen LogP contribution in [0.5, 0.6) is 0 Å². The number of hydrogen-bond donors (Lipinski definition) is 0. The number of nitrogens with zero attached hydrogens (tertiary/aromatic N) is 2. The number of aromatic nitrogens is 1. The molecule has 2 aromatic carbocycles. The zero-order valence-electron chi connectivity index (χ0n) is 13.6. The van der Waals surface area contributed by atoms with Gasteiger partial charge in [-0.05, 0) is 17.2 Å². The maximum Gasteiger partial charge on any atom is 0.285 e. The van der Waals surface area contributed by atoms with E-state index in [1.54, 1.807) is 4.68 Å². The molecule has 0 fully saturated rings. The van der Waals surface area contributed by atoms with Crippen LogP contribution in [-0.2, 0) is 0 Å². The van der Waals surface area contributed by atoms with E-state index in [-0.39, 0.29) is 0 Å². The van der Waals surface area contributed by atoms with Crippen molar-refractivity contribution in [2.24, 2.45) is 5.10 Å². The fourth-order valence-corrected chi connectivity index (χ4v) is 2.65. The molecule has 0 atom stereocenters. The van der Waals surface area contributed by atoms with Crippen molar-refractivity contribution in [2.45, 2.75) is 0 Å². The second kappa shape index (κ2) is 6.97. The predicted octanol–water partition coefficient (Wildman–Crippen LogP) is 4.27. The van der Waals surface area contributed by atoms with Crippen LogP contribution in [0.3, 0.4) is 0 Å². The fraction of sp³-hybridized carbons (Fsp3) is 0. The Hall–Kier alpha value is -3.46. The van der Waals surface area contributed by atoms with Crippen molar-refractivity contribution in [2.75, 3.05) is 0 Å². The summed E-state index contributed by atoms with van der Waals surface area (Å²) in [5.41, 5.74) is 3.78. The van der Waals surface area contributed by atoms with Crippen molar-refractivity contribution in [3.8, 4) is 22.5 Å². The number of benzene rings is 2. The number of hydrogen-bond acceptors (Lipinski definition) is 2. The van der Waals surface area contributed by atoms with Gasteiger partial charge in [-0.25, -0.2) is 0 Å². The van der Waals surface area contributed by atoms with Crippen molar-refractivity contribution >= 4 is 0 Å². The van der Waals surface area contributed by atoms with Gasteiger partial charge in [-0.3, -0.25) is 0 Å². The van der Waals surface area contributed by atoms with Gasteiger partial charge in [-0.2, -0.15) is 0 Å². The van der Waals surface area contributed by atoms with E-state index in [4.69, 9.17) is 4.42 Å². The summed E-state index contributed by atoms with van der Waals surface area (Å²) < 4.78 is 7.78. The molecule has 120 valence electrons. The zero-order chi connectivity index (χ0) is 16.9. The molecule has 0 radical (unpaired) electrons. The van der Waals surface area contributed by atoms with E-state index in [9.17, 15) is 0 Å². The maximum absolute atomic E-state index is 6.04. The van der Waals surface area contributed by atoms with E-state index in [1.165, 1.54) is 0 Å². The van der Waals surface area contributed by atoms with Crippen molar-refractivity contribution in [3.63, 3.8) is 0 Å². The van der Waals surface area contributed by atoms with Gasteiger partial charge >= 0.3 is 0 Å². The first-order valence-corrected chi connectivity index (χ1v) is 8.16. The molecule has 0 spiro atoms. The third-order valence-electron chi connectivity index (χ3n) is 3.86. The molecule has 2 aromatic heterocycles. The van der Waals surface area contributed by atoms with E-state index in [0.717, 1.165) is 22.5 Å².